The highest BCUT2D eigenvalue weighted by molar-refractivity contribution is 7.89. The zero-order chi connectivity index (χ0) is 14.2. The molecule has 0 bridgehead atoms. The molecule has 2 aliphatic heterocycles. The van der Waals surface area contributed by atoms with Crippen LogP contribution in [-0.4, -0.2) is 45.5 Å². The number of rotatable bonds is 4. The summed E-state index contributed by atoms with van der Waals surface area (Å²) in [4.78, 5) is 0.198. The van der Waals surface area contributed by atoms with E-state index in [1.165, 1.54) is 6.07 Å². The summed E-state index contributed by atoms with van der Waals surface area (Å²) in [6.45, 7) is 1.16. The van der Waals surface area contributed by atoms with Crippen LogP contribution in [0.4, 0.5) is 0 Å². The standard InChI is InChI=1S/C13H17NO5S/c15-13(4-6-18-9-13)8-14-20(16,17)11-1-2-12-10(7-11)3-5-19-12/h1-2,7,14-15H,3-6,8-9H2. The van der Waals surface area contributed by atoms with E-state index in [0.717, 1.165) is 17.7 Å². The van der Waals surface area contributed by atoms with Gasteiger partial charge in [-0.3, -0.25) is 0 Å². The lowest BCUT2D eigenvalue weighted by Gasteiger charge is -2.20. The molecule has 1 fully saturated rings. The van der Waals surface area contributed by atoms with E-state index in [0.29, 0.717) is 19.6 Å². The second kappa shape index (κ2) is 5.00. The Balaban J connectivity index is 1.74. The van der Waals surface area contributed by atoms with Gasteiger partial charge >= 0.3 is 0 Å². The summed E-state index contributed by atoms with van der Waals surface area (Å²) in [6.07, 6.45) is 1.16. The van der Waals surface area contributed by atoms with Crippen LogP contribution in [0.5, 0.6) is 5.75 Å². The van der Waals surface area contributed by atoms with Crippen LogP contribution in [0.3, 0.4) is 0 Å². The van der Waals surface area contributed by atoms with Gasteiger partial charge in [0.15, 0.2) is 0 Å². The number of fused-ring (bicyclic) bond motifs is 1. The largest absolute Gasteiger partial charge is 0.493 e. The van der Waals surface area contributed by atoms with E-state index in [-0.39, 0.29) is 18.0 Å². The molecule has 2 aliphatic rings. The Bertz CT molecular complexity index is 607. The maximum absolute atomic E-state index is 12.2. The van der Waals surface area contributed by atoms with Gasteiger partial charge in [-0.2, -0.15) is 0 Å². The van der Waals surface area contributed by atoms with E-state index >= 15 is 0 Å². The molecular weight excluding hydrogens is 282 g/mol. The van der Waals surface area contributed by atoms with Crippen LogP contribution >= 0.6 is 0 Å². The maximum atomic E-state index is 12.2. The van der Waals surface area contributed by atoms with E-state index < -0.39 is 15.6 Å². The number of nitrogens with one attached hydrogen (secondary N) is 1. The van der Waals surface area contributed by atoms with Gasteiger partial charge in [0.05, 0.1) is 18.1 Å². The molecule has 0 spiro atoms. The highest BCUT2D eigenvalue weighted by Crippen LogP contribution is 2.27. The molecule has 0 saturated carbocycles. The molecule has 1 atom stereocenters. The van der Waals surface area contributed by atoms with E-state index in [2.05, 4.69) is 4.72 Å². The molecule has 2 N–H and O–H groups in total. The number of hydrogen-bond donors (Lipinski definition) is 2. The zero-order valence-electron chi connectivity index (χ0n) is 11.0. The quantitative estimate of drug-likeness (QED) is 0.821. The third kappa shape index (κ3) is 2.67. The first-order chi connectivity index (χ1) is 9.49. The highest BCUT2D eigenvalue weighted by Gasteiger charge is 2.33. The number of ether oxygens (including phenoxy) is 2. The molecule has 110 valence electrons. The van der Waals surface area contributed by atoms with Gasteiger partial charge in [0.25, 0.3) is 0 Å². The molecule has 2 heterocycles. The average molecular weight is 299 g/mol. The Morgan fingerprint density at radius 3 is 2.95 bits per heavy atom. The second-order valence-electron chi connectivity index (χ2n) is 5.22. The Morgan fingerprint density at radius 1 is 1.35 bits per heavy atom. The van der Waals surface area contributed by atoms with Gasteiger partial charge in [-0.25, -0.2) is 13.1 Å². The lowest BCUT2D eigenvalue weighted by atomic mass is 10.1. The normalized spacial score (nSPS) is 25.4. The monoisotopic (exact) mass is 299 g/mol. The molecule has 3 rings (SSSR count). The summed E-state index contributed by atoms with van der Waals surface area (Å²) in [6, 6.07) is 4.81. The summed E-state index contributed by atoms with van der Waals surface area (Å²) in [5, 5.41) is 10.1. The Morgan fingerprint density at radius 2 is 2.20 bits per heavy atom. The summed E-state index contributed by atoms with van der Waals surface area (Å²) in [7, 11) is -3.63. The molecule has 1 saturated heterocycles. The number of sulfonamides is 1. The molecular formula is C13H17NO5S. The second-order valence-corrected chi connectivity index (χ2v) is 6.99. The molecule has 1 aromatic rings. The van der Waals surface area contributed by atoms with Crippen molar-refractivity contribution < 1.29 is 23.0 Å². The minimum atomic E-state index is -3.63. The smallest absolute Gasteiger partial charge is 0.240 e. The van der Waals surface area contributed by atoms with E-state index in [9.17, 15) is 13.5 Å². The van der Waals surface area contributed by atoms with Crippen LogP contribution < -0.4 is 9.46 Å². The molecule has 7 heteroatoms. The molecule has 1 unspecified atom stereocenters. The van der Waals surface area contributed by atoms with Crippen molar-refractivity contribution in [3.8, 4) is 5.75 Å². The molecule has 20 heavy (non-hydrogen) atoms. The Hall–Kier alpha value is -1.15. The third-order valence-electron chi connectivity index (χ3n) is 3.64. The van der Waals surface area contributed by atoms with Crippen LogP contribution in [-0.2, 0) is 21.2 Å². The molecule has 0 amide bonds. The van der Waals surface area contributed by atoms with Crippen LogP contribution in [0.25, 0.3) is 0 Å². The van der Waals surface area contributed by atoms with Gasteiger partial charge < -0.3 is 14.6 Å². The predicted octanol–water partition coefficient (Wildman–Crippen LogP) is 0.0512. The van der Waals surface area contributed by atoms with Gasteiger partial charge in [-0.15, -0.1) is 0 Å². The molecule has 0 radical (unpaired) electrons. The number of hydrogen-bond acceptors (Lipinski definition) is 5. The minimum Gasteiger partial charge on any atom is -0.493 e. The van der Waals surface area contributed by atoms with Gasteiger partial charge in [-0.05, 0) is 23.8 Å². The van der Waals surface area contributed by atoms with Crippen LogP contribution in [0.15, 0.2) is 23.1 Å². The van der Waals surface area contributed by atoms with E-state index in [4.69, 9.17) is 9.47 Å². The summed E-state index contributed by atoms with van der Waals surface area (Å²) in [5.41, 5.74) is -0.205. The predicted molar refractivity (Wildman–Crippen MR) is 71.2 cm³/mol. The van der Waals surface area contributed by atoms with E-state index in [1.54, 1.807) is 12.1 Å². The van der Waals surface area contributed by atoms with Crippen LogP contribution in [0, 0.1) is 0 Å². The summed E-state index contributed by atoms with van der Waals surface area (Å²) in [5.74, 6) is 0.742. The summed E-state index contributed by atoms with van der Waals surface area (Å²) < 4.78 is 37.3. The van der Waals surface area contributed by atoms with Gasteiger partial charge in [0.1, 0.15) is 11.4 Å². The van der Waals surface area contributed by atoms with Crippen LogP contribution in [0.1, 0.15) is 12.0 Å². The van der Waals surface area contributed by atoms with Crippen molar-refractivity contribution in [1.82, 2.24) is 4.72 Å². The first kappa shape index (κ1) is 13.8. The van der Waals surface area contributed by atoms with Crippen molar-refractivity contribution in [2.45, 2.75) is 23.3 Å². The molecule has 6 nitrogen and oxygen atoms in total. The topological polar surface area (TPSA) is 84.9 Å². The number of benzene rings is 1. The van der Waals surface area contributed by atoms with Crippen molar-refractivity contribution in [2.75, 3.05) is 26.4 Å². The summed E-state index contributed by atoms with van der Waals surface area (Å²) >= 11 is 0. The first-order valence-corrected chi connectivity index (χ1v) is 8.02. The SMILES string of the molecule is O=S(=O)(NCC1(O)CCOC1)c1ccc2c(c1)CCO2. The van der Waals surface area contributed by atoms with Crippen molar-refractivity contribution in [1.29, 1.82) is 0 Å². The average Bonchev–Trinajstić information content (AvgIpc) is 3.05. The van der Waals surface area contributed by atoms with Crippen molar-refractivity contribution in [2.24, 2.45) is 0 Å². The Kier molecular flexibility index (Phi) is 3.45. The lowest BCUT2D eigenvalue weighted by molar-refractivity contribution is 0.0314. The fourth-order valence-electron chi connectivity index (χ4n) is 2.38. The first-order valence-electron chi connectivity index (χ1n) is 6.54. The molecule has 1 aromatic carbocycles. The van der Waals surface area contributed by atoms with Crippen molar-refractivity contribution in [3.63, 3.8) is 0 Å². The molecule has 0 aromatic heterocycles. The van der Waals surface area contributed by atoms with E-state index in [1.807, 2.05) is 0 Å². The van der Waals surface area contributed by atoms with Gasteiger partial charge in [-0.1, -0.05) is 0 Å². The zero-order valence-corrected chi connectivity index (χ0v) is 11.8. The third-order valence-corrected chi connectivity index (χ3v) is 5.04. The lowest BCUT2D eigenvalue weighted by Crippen LogP contribution is -2.43. The number of aliphatic hydroxyl groups is 1. The van der Waals surface area contributed by atoms with Gasteiger partial charge in [0, 0.05) is 26.0 Å². The van der Waals surface area contributed by atoms with Crippen molar-refractivity contribution >= 4 is 10.0 Å². The van der Waals surface area contributed by atoms with Gasteiger partial charge in [0.2, 0.25) is 10.0 Å². The fourth-order valence-corrected chi connectivity index (χ4v) is 3.55. The Labute approximate surface area is 117 Å². The van der Waals surface area contributed by atoms with Crippen molar-refractivity contribution in [3.05, 3.63) is 23.8 Å². The fraction of sp³-hybridized carbons (Fsp3) is 0.538. The maximum Gasteiger partial charge on any atom is 0.240 e. The molecule has 0 aliphatic carbocycles. The minimum absolute atomic E-state index is 0.0388. The highest BCUT2D eigenvalue weighted by atomic mass is 32.2. The van der Waals surface area contributed by atoms with Crippen LogP contribution in [0.2, 0.25) is 0 Å².